The van der Waals surface area contributed by atoms with Gasteiger partial charge in [0.25, 0.3) is 11.8 Å². The first-order valence-electron chi connectivity index (χ1n) is 9.47. The summed E-state index contributed by atoms with van der Waals surface area (Å²) in [5.74, 6) is 0.00703. The molecule has 1 aromatic carbocycles. The van der Waals surface area contributed by atoms with Crippen LogP contribution in [0.4, 0.5) is 0 Å². The van der Waals surface area contributed by atoms with E-state index < -0.39 is 0 Å². The molecule has 27 heavy (non-hydrogen) atoms. The third-order valence-electron chi connectivity index (χ3n) is 5.53. The molecule has 1 aliphatic heterocycles. The van der Waals surface area contributed by atoms with Crippen molar-refractivity contribution in [1.29, 1.82) is 0 Å². The van der Waals surface area contributed by atoms with E-state index in [0.29, 0.717) is 31.9 Å². The summed E-state index contributed by atoms with van der Waals surface area (Å²) in [6.45, 7) is 10.5. The van der Waals surface area contributed by atoms with Crippen LogP contribution in [0, 0.1) is 27.7 Å². The van der Waals surface area contributed by atoms with E-state index >= 15 is 0 Å². The fraction of sp³-hybridized carbons (Fsp3) is 0.409. The quantitative estimate of drug-likeness (QED) is 0.820. The molecule has 3 rings (SSSR count). The van der Waals surface area contributed by atoms with Gasteiger partial charge in [0.2, 0.25) is 0 Å². The van der Waals surface area contributed by atoms with Gasteiger partial charge in [-0.1, -0.05) is 12.1 Å². The molecule has 2 aromatic rings. The summed E-state index contributed by atoms with van der Waals surface area (Å²) in [5, 5.41) is 0. The summed E-state index contributed by atoms with van der Waals surface area (Å²) in [4.78, 5) is 33.8. The van der Waals surface area contributed by atoms with E-state index in [1.807, 2.05) is 38.7 Å². The smallest absolute Gasteiger partial charge is 0.272 e. The minimum absolute atomic E-state index is 0.0661. The monoisotopic (exact) mass is 365 g/mol. The highest BCUT2D eigenvalue weighted by atomic mass is 16.2. The molecule has 0 unspecified atom stereocenters. The van der Waals surface area contributed by atoms with E-state index in [4.69, 9.17) is 0 Å². The first-order chi connectivity index (χ1) is 12.9. The second-order valence-electron chi connectivity index (χ2n) is 7.29. The summed E-state index contributed by atoms with van der Waals surface area (Å²) >= 11 is 0. The Kier molecular flexibility index (Phi) is 5.59. The molecule has 0 spiro atoms. The third kappa shape index (κ3) is 3.87. The van der Waals surface area contributed by atoms with Crippen LogP contribution in [-0.4, -0.2) is 52.8 Å². The number of hydrogen-bond acceptors (Lipinski definition) is 3. The van der Waals surface area contributed by atoms with Crippen LogP contribution in [0.15, 0.2) is 30.5 Å². The van der Waals surface area contributed by atoms with E-state index in [1.54, 1.807) is 23.2 Å². The largest absolute Gasteiger partial charge is 0.337 e. The van der Waals surface area contributed by atoms with Gasteiger partial charge in [0.05, 0.1) is 0 Å². The first-order valence-corrected chi connectivity index (χ1v) is 9.47. The summed E-state index contributed by atoms with van der Waals surface area (Å²) < 4.78 is 0. The van der Waals surface area contributed by atoms with Gasteiger partial charge < -0.3 is 9.80 Å². The molecule has 0 bridgehead atoms. The SMILES string of the molecule is Cc1cc(C)c(C)c(C(=O)N2CCCN(C(=O)c3ccccn3)CC2)c1C. The van der Waals surface area contributed by atoms with Crippen LogP contribution < -0.4 is 0 Å². The molecule has 0 saturated carbocycles. The van der Waals surface area contributed by atoms with E-state index in [9.17, 15) is 9.59 Å². The van der Waals surface area contributed by atoms with Crippen molar-refractivity contribution in [2.75, 3.05) is 26.2 Å². The molecule has 2 heterocycles. The van der Waals surface area contributed by atoms with Gasteiger partial charge in [-0.3, -0.25) is 14.6 Å². The average Bonchev–Trinajstić information content (AvgIpc) is 2.93. The predicted molar refractivity (Wildman–Crippen MR) is 106 cm³/mol. The van der Waals surface area contributed by atoms with Gasteiger partial charge in [-0.15, -0.1) is 0 Å². The van der Waals surface area contributed by atoms with Crippen molar-refractivity contribution in [2.24, 2.45) is 0 Å². The lowest BCUT2D eigenvalue weighted by Gasteiger charge is -2.24. The molecule has 0 N–H and O–H groups in total. The summed E-state index contributed by atoms with van der Waals surface area (Å²) in [5.41, 5.74) is 5.66. The third-order valence-corrected chi connectivity index (χ3v) is 5.53. The lowest BCUT2D eigenvalue weighted by molar-refractivity contribution is 0.0715. The highest BCUT2D eigenvalue weighted by molar-refractivity contribution is 5.98. The molecular formula is C22H27N3O2. The predicted octanol–water partition coefficient (Wildman–Crippen LogP) is 3.30. The molecule has 0 atom stereocenters. The van der Waals surface area contributed by atoms with Crippen molar-refractivity contribution in [3.8, 4) is 0 Å². The van der Waals surface area contributed by atoms with E-state index in [1.165, 1.54) is 0 Å². The van der Waals surface area contributed by atoms with Crippen molar-refractivity contribution in [3.05, 3.63) is 64.0 Å². The van der Waals surface area contributed by atoms with Crippen LogP contribution in [0.3, 0.4) is 0 Å². The van der Waals surface area contributed by atoms with Crippen LogP contribution in [-0.2, 0) is 0 Å². The molecule has 0 radical (unpaired) electrons. The number of amides is 2. The fourth-order valence-corrected chi connectivity index (χ4v) is 3.67. The number of carbonyl (C=O) groups excluding carboxylic acids is 2. The van der Waals surface area contributed by atoms with Crippen molar-refractivity contribution in [3.63, 3.8) is 0 Å². The maximum Gasteiger partial charge on any atom is 0.272 e. The van der Waals surface area contributed by atoms with Gasteiger partial charge in [-0.25, -0.2) is 0 Å². The minimum Gasteiger partial charge on any atom is -0.337 e. The molecule has 1 saturated heterocycles. The molecular weight excluding hydrogens is 338 g/mol. The van der Waals surface area contributed by atoms with E-state index in [-0.39, 0.29) is 11.8 Å². The Balaban J connectivity index is 1.77. The number of aromatic nitrogens is 1. The number of aryl methyl sites for hydroxylation is 2. The van der Waals surface area contributed by atoms with Crippen LogP contribution >= 0.6 is 0 Å². The van der Waals surface area contributed by atoms with E-state index in [2.05, 4.69) is 11.1 Å². The van der Waals surface area contributed by atoms with Gasteiger partial charge in [-0.05, 0) is 68.5 Å². The van der Waals surface area contributed by atoms with Crippen LogP contribution in [0.1, 0.15) is 49.5 Å². The molecule has 5 nitrogen and oxygen atoms in total. The van der Waals surface area contributed by atoms with Gasteiger partial charge in [0.15, 0.2) is 0 Å². The zero-order valence-corrected chi connectivity index (χ0v) is 16.6. The lowest BCUT2D eigenvalue weighted by atomic mass is 9.93. The molecule has 2 amide bonds. The van der Waals surface area contributed by atoms with Gasteiger partial charge in [0.1, 0.15) is 5.69 Å². The number of benzene rings is 1. The Morgan fingerprint density at radius 3 is 2.00 bits per heavy atom. The van der Waals surface area contributed by atoms with Gasteiger partial charge >= 0.3 is 0 Å². The Morgan fingerprint density at radius 2 is 1.44 bits per heavy atom. The molecule has 0 aliphatic carbocycles. The summed E-state index contributed by atoms with van der Waals surface area (Å²) in [7, 11) is 0. The van der Waals surface area contributed by atoms with Crippen LogP contribution in [0.5, 0.6) is 0 Å². The maximum atomic E-state index is 13.3. The summed E-state index contributed by atoms with van der Waals surface area (Å²) in [6, 6.07) is 7.49. The van der Waals surface area contributed by atoms with Gasteiger partial charge in [-0.2, -0.15) is 0 Å². The zero-order valence-electron chi connectivity index (χ0n) is 16.6. The minimum atomic E-state index is -0.0661. The Morgan fingerprint density at radius 1 is 0.852 bits per heavy atom. The average molecular weight is 365 g/mol. The highest BCUT2D eigenvalue weighted by Crippen LogP contribution is 2.24. The maximum absolute atomic E-state index is 13.3. The van der Waals surface area contributed by atoms with Crippen LogP contribution in [0.2, 0.25) is 0 Å². The Hall–Kier alpha value is -2.69. The summed E-state index contributed by atoms with van der Waals surface area (Å²) in [6.07, 6.45) is 2.40. The van der Waals surface area contributed by atoms with Crippen molar-refractivity contribution in [2.45, 2.75) is 34.1 Å². The van der Waals surface area contributed by atoms with Crippen molar-refractivity contribution < 1.29 is 9.59 Å². The van der Waals surface area contributed by atoms with E-state index in [0.717, 1.165) is 34.2 Å². The van der Waals surface area contributed by atoms with Crippen molar-refractivity contribution >= 4 is 11.8 Å². The number of rotatable bonds is 2. The molecule has 5 heteroatoms. The topological polar surface area (TPSA) is 53.5 Å². The second-order valence-corrected chi connectivity index (χ2v) is 7.29. The molecule has 1 fully saturated rings. The van der Waals surface area contributed by atoms with Crippen LogP contribution in [0.25, 0.3) is 0 Å². The zero-order chi connectivity index (χ0) is 19.6. The Labute approximate surface area is 161 Å². The highest BCUT2D eigenvalue weighted by Gasteiger charge is 2.26. The van der Waals surface area contributed by atoms with Gasteiger partial charge in [0, 0.05) is 37.9 Å². The second kappa shape index (κ2) is 7.91. The number of carbonyl (C=O) groups is 2. The Bertz CT molecular complexity index is 835. The molecule has 1 aliphatic rings. The number of hydrogen-bond donors (Lipinski definition) is 0. The standard InChI is InChI=1S/C22H27N3O2/c1-15-14-16(2)18(4)20(17(15)3)22(27)25-11-7-10-24(12-13-25)21(26)19-8-5-6-9-23-19/h5-6,8-9,14H,7,10-13H2,1-4H3. The molecule has 1 aromatic heterocycles. The number of pyridine rings is 1. The normalized spacial score (nSPS) is 14.8. The first kappa shape index (κ1) is 19.1. The fourth-order valence-electron chi connectivity index (χ4n) is 3.67. The number of nitrogens with zero attached hydrogens (tertiary/aromatic N) is 3. The lowest BCUT2D eigenvalue weighted by Crippen LogP contribution is -2.38. The molecule has 142 valence electrons. The van der Waals surface area contributed by atoms with Crippen molar-refractivity contribution in [1.82, 2.24) is 14.8 Å².